The van der Waals surface area contributed by atoms with Crippen molar-refractivity contribution in [2.75, 3.05) is 33.3 Å². The molecule has 0 radical (unpaired) electrons. The van der Waals surface area contributed by atoms with Crippen LogP contribution in [-0.2, 0) is 0 Å². The lowest BCUT2D eigenvalue weighted by molar-refractivity contribution is 0.167. The van der Waals surface area contributed by atoms with Crippen molar-refractivity contribution in [2.24, 2.45) is 5.92 Å². The number of hydrogen-bond acceptors (Lipinski definition) is 3. The lowest BCUT2D eigenvalue weighted by Gasteiger charge is -2.32. The van der Waals surface area contributed by atoms with Gasteiger partial charge in [-0.05, 0) is 45.3 Å². The van der Waals surface area contributed by atoms with Gasteiger partial charge in [-0.1, -0.05) is 13.3 Å². The minimum Gasteiger partial charge on any atom is -0.395 e. The van der Waals surface area contributed by atoms with E-state index in [4.69, 9.17) is 5.11 Å². The fourth-order valence-corrected chi connectivity index (χ4v) is 2.08. The Morgan fingerprint density at radius 1 is 1.47 bits per heavy atom. The molecule has 1 unspecified atom stereocenters. The van der Waals surface area contributed by atoms with Gasteiger partial charge >= 0.3 is 0 Å². The van der Waals surface area contributed by atoms with Crippen molar-refractivity contribution >= 4 is 0 Å². The number of rotatable bonds is 8. The molecule has 1 atom stereocenters. The van der Waals surface area contributed by atoms with Crippen molar-refractivity contribution in [3.05, 3.63) is 0 Å². The summed E-state index contributed by atoms with van der Waals surface area (Å²) in [5, 5.41) is 12.2. The molecule has 0 aromatic carbocycles. The number of nitrogens with one attached hydrogen (secondary N) is 1. The van der Waals surface area contributed by atoms with Crippen LogP contribution in [0, 0.1) is 5.92 Å². The molecule has 90 valence electrons. The second-order valence-electron chi connectivity index (χ2n) is 4.65. The molecule has 0 spiro atoms. The van der Waals surface area contributed by atoms with Crippen LogP contribution in [-0.4, -0.2) is 49.3 Å². The van der Waals surface area contributed by atoms with Gasteiger partial charge in [0.2, 0.25) is 0 Å². The highest BCUT2D eigenvalue weighted by atomic mass is 16.3. The average Bonchev–Trinajstić information content (AvgIpc) is 2.21. The van der Waals surface area contributed by atoms with E-state index in [9.17, 15) is 0 Å². The fraction of sp³-hybridized carbons (Fsp3) is 1.00. The third-order valence-electron chi connectivity index (χ3n) is 3.61. The van der Waals surface area contributed by atoms with Gasteiger partial charge in [-0.3, -0.25) is 0 Å². The molecule has 1 aliphatic carbocycles. The van der Waals surface area contributed by atoms with Crippen LogP contribution in [0.15, 0.2) is 0 Å². The molecular weight excluding hydrogens is 188 g/mol. The molecule has 0 aromatic rings. The second kappa shape index (κ2) is 7.20. The molecule has 0 bridgehead atoms. The van der Waals surface area contributed by atoms with E-state index < -0.39 is 0 Å². The van der Waals surface area contributed by atoms with Crippen LogP contribution in [0.2, 0.25) is 0 Å². The molecule has 0 heterocycles. The molecule has 3 heteroatoms. The average molecular weight is 214 g/mol. The Balaban J connectivity index is 2.14. The second-order valence-corrected chi connectivity index (χ2v) is 4.65. The van der Waals surface area contributed by atoms with E-state index >= 15 is 0 Å². The summed E-state index contributed by atoms with van der Waals surface area (Å²) in [5.41, 5.74) is 0. The number of nitrogens with zero attached hydrogens (tertiary/aromatic N) is 1. The first-order chi connectivity index (χ1) is 7.30. The molecule has 1 fully saturated rings. The van der Waals surface area contributed by atoms with Gasteiger partial charge in [-0.15, -0.1) is 0 Å². The van der Waals surface area contributed by atoms with Crippen molar-refractivity contribution in [1.29, 1.82) is 0 Å². The molecule has 1 saturated carbocycles. The van der Waals surface area contributed by atoms with Crippen LogP contribution in [0.1, 0.15) is 32.6 Å². The lowest BCUT2D eigenvalue weighted by Crippen LogP contribution is -2.37. The van der Waals surface area contributed by atoms with Crippen LogP contribution < -0.4 is 5.32 Å². The summed E-state index contributed by atoms with van der Waals surface area (Å²) in [6, 6.07) is 0.264. The maximum Gasteiger partial charge on any atom is 0.0585 e. The number of hydrogen-bond donors (Lipinski definition) is 2. The monoisotopic (exact) mass is 214 g/mol. The van der Waals surface area contributed by atoms with Crippen molar-refractivity contribution in [1.82, 2.24) is 10.2 Å². The van der Waals surface area contributed by atoms with E-state index in [1.54, 1.807) is 0 Å². The maximum absolute atomic E-state index is 9.07. The molecule has 0 aliphatic heterocycles. The third kappa shape index (κ3) is 4.49. The van der Waals surface area contributed by atoms with E-state index in [-0.39, 0.29) is 12.6 Å². The first kappa shape index (κ1) is 12.9. The summed E-state index contributed by atoms with van der Waals surface area (Å²) in [7, 11) is 1.92. The number of likely N-dealkylation sites (N-methyl/N-ethyl adjacent to an activating group) is 1. The van der Waals surface area contributed by atoms with E-state index in [2.05, 4.69) is 17.1 Å². The van der Waals surface area contributed by atoms with Crippen molar-refractivity contribution in [3.63, 3.8) is 0 Å². The van der Waals surface area contributed by atoms with E-state index in [0.717, 1.165) is 25.4 Å². The Morgan fingerprint density at radius 2 is 2.20 bits per heavy atom. The predicted octanol–water partition coefficient (Wildman–Crippen LogP) is 1.08. The standard InChI is InChI=1S/C12H26N2O/c1-3-14(9-11-5-4-6-11)8-7-12(10-15)13-2/h11-13,15H,3-10H2,1-2H3. The Labute approximate surface area is 93.9 Å². The fourth-order valence-electron chi connectivity index (χ4n) is 2.08. The number of aliphatic hydroxyl groups excluding tert-OH is 1. The molecule has 3 nitrogen and oxygen atoms in total. The molecule has 15 heavy (non-hydrogen) atoms. The summed E-state index contributed by atoms with van der Waals surface area (Å²) in [5.74, 6) is 0.951. The highest BCUT2D eigenvalue weighted by Crippen LogP contribution is 2.27. The Hall–Kier alpha value is -0.120. The molecule has 0 aromatic heterocycles. The van der Waals surface area contributed by atoms with Gasteiger partial charge in [0.15, 0.2) is 0 Å². The molecule has 1 rings (SSSR count). The topological polar surface area (TPSA) is 35.5 Å². The maximum atomic E-state index is 9.07. The summed E-state index contributed by atoms with van der Waals surface area (Å²) in [4.78, 5) is 2.52. The number of aliphatic hydroxyl groups is 1. The quantitative estimate of drug-likeness (QED) is 0.634. The minimum atomic E-state index is 0.248. The first-order valence-corrected chi connectivity index (χ1v) is 6.30. The lowest BCUT2D eigenvalue weighted by atomic mass is 9.85. The summed E-state index contributed by atoms with van der Waals surface area (Å²) in [6.07, 6.45) is 5.32. The van der Waals surface area contributed by atoms with Gasteiger partial charge in [0.05, 0.1) is 6.61 Å². The Kier molecular flexibility index (Phi) is 6.22. The third-order valence-corrected chi connectivity index (χ3v) is 3.61. The van der Waals surface area contributed by atoms with E-state index in [0.29, 0.717) is 0 Å². The molecular formula is C12H26N2O. The van der Waals surface area contributed by atoms with Crippen molar-refractivity contribution in [3.8, 4) is 0 Å². The van der Waals surface area contributed by atoms with Crippen LogP contribution in [0.25, 0.3) is 0 Å². The van der Waals surface area contributed by atoms with E-state index in [1.165, 1.54) is 25.8 Å². The van der Waals surface area contributed by atoms with Crippen LogP contribution in [0.5, 0.6) is 0 Å². The predicted molar refractivity (Wildman–Crippen MR) is 64.0 cm³/mol. The molecule has 1 aliphatic rings. The summed E-state index contributed by atoms with van der Waals surface area (Å²) >= 11 is 0. The molecule has 2 N–H and O–H groups in total. The van der Waals surface area contributed by atoms with Crippen molar-refractivity contribution < 1.29 is 5.11 Å². The largest absolute Gasteiger partial charge is 0.395 e. The van der Waals surface area contributed by atoms with Gasteiger partial charge in [0, 0.05) is 12.6 Å². The van der Waals surface area contributed by atoms with Gasteiger partial charge < -0.3 is 15.3 Å². The van der Waals surface area contributed by atoms with Gasteiger partial charge in [0.25, 0.3) is 0 Å². The first-order valence-electron chi connectivity index (χ1n) is 6.30. The van der Waals surface area contributed by atoms with Gasteiger partial charge in [0.1, 0.15) is 0 Å². The van der Waals surface area contributed by atoms with Gasteiger partial charge in [-0.25, -0.2) is 0 Å². The zero-order valence-electron chi connectivity index (χ0n) is 10.2. The Morgan fingerprint density at radius 3 is 2.60 bits per heavy atom. The molecule has 0 saturated heterocycles. The smallest absolute Gasteiger partial charge is 0.0585 e. The highest BCUT2D eigenvalue weighted by Gasteiger charge is 2.20. The van der Waals surface area contributed by atoms with Gasteiger partial charge in [-0.2, -0.15) is 0 Å². The zero-order valence-corrected chi connectivity index (χ0v) is 10.2. The molecule has 0 amide bonds. The van der Waals surface area contributed by atoms with E-state index in [1.807, 2.05) is 7.05 Å². The normalized spacial score (nSPS) is 19.2. The minimum absolute atomic E-state index is 0.248. The van der Waals surface area contributed by atoms with Crippen LogP contribution in [0.4, 0.5) is 0 Å². The summed E-state index contributed by atoms with van der Waals surface area (Å²) in [6.45, 7) is 5.99. The zero-order chi connectivity index (χ0) is 11.1. The highest BCUT2D eigenvalue weighted by molar-refractivity contribution is 4.74. The SMILES string of the molecule is CCN(CCC(CO)NC)CC1CCC1. The van der Waals surface area contributed by atoms with Crippen molar-refractivity contribution in [2.45, 2.75) is 38.6 Å². The van der Waals surface area contributed by atoms with Crippen LogP contribution >= 0.6 is 0 Å². The van der Waals surface area contributed by atoms with Crippen LogP contribution in [0.3, 0.4) is 0 Å². The summed E-state index contributed by atoms with van der Waals surface area (Å²) < 4.78 is 0. The Bertz CT molecular complexity index is 156.